The largest absolute Gasteiger partial charge is 0.339 e. The Kier molecular flexibility index (Phi) is 4.23. The lowest BCUT2D eigenvalue weighted by Gasteiger charge is -2.38. The summed E-state index contributed by atoms with van der Waals surface area (Å²) in [7, 11) is -1.86. The molecular weight excluding hydrogens is 286 g/mol. The first kappa shape index (κ1) is 14.8. The van der Waals surface area contributed by atoms with E-state index in [0.29, 0.717) is 11.8 Å². The maximum atomic E-state index is 12.3. The van der Waals surface area contributed by atoms with E-state index in [0.717, 1.165) is 25.7 Å². The molecular formula is C12H20ClN3O2S. The van der Waals surface area contributed by atoms with Gasteiger partial charge in [-0.2, -0.15) is 0 Å². The Bertz CT molecular complexity index is 543. The number of aromatic nitrogens is 2. The lowest BCUT2D eigenvalue weighted by molar-refractivity contribution is 0.239. The number of alkyl halides is 1. The van der Waals surface area contributed by atoms with Gasteiger partial charge in [-0.1, -0.05) is 19.8 Å². The zero-order valence-electron chi connectivity index (χ0n) is 11.3. The van der Waals surface area contributed by atoms with E-state index in [-0.39, 0.29) is 5.03 Å². The van der Waals surface area contributed by atoms with Gasteiger partial charge in [0.05, 0.1) is 6.33 Å². The number of hydrogen-bond acceptors (Lipinski definition) is 3. The van der Waals surface area contributed by atoms with Crippen molar-refractivity contribution in [3.05, 3.63) is 12.5 Å². The molecule has 0 saturated heterocycles. The molecule has 1 aromatic heterocycles. The fraction of sp³-hybridized carbons (Fsp3) is 0.750. The van der Waals surface area contributed by atoms with Crippen molar-refractivity contribution >= 4 is 21.6 Å². The highest BCUT2D eigenvalue weighted by Crippen LogP contribution is 2.34. The summed E-state index contributed by atoms with van der Waals surface area (Å²) in [6, 6.07) is 0. The van der Waals surface area contributed by atoms with Gasteiger partial charge in [0.25, 0.3) is 10.0 Å². The maximum absolute atomic E-state index is 12.3. The van der Waals surface area contributed by atoms with Crippen LogP contribution < -0.4 is 4.72 Å². The van der Waals surface area contributed by atoms with Gasteiger partial charge in [0.2, 0.25) is 0 Å². The van der Waals surface area contributed by atoms with Crippen LogP contribution in [-0.2, 0) is 17.1 Å². The molecule has 0 aliphatic heterocycles. The monoisotopic (exact) mass is 305 g/mol. The first-order chi connectivity index (χ1) is 8.87. The molecule has 1 aliphatic rings. The van der Waals surface area contributed by atoms with E-state index in [2.05, 4.69) is 16.6 Å². The van der Waals surface area contributed by atoms with E-state index >= 15 is 0 Å². The molecule has 1 aromatic rings. The first-order valence-corrected chi connectivity index (χ1v) is 8.47. The summed E-state index contributed by atoms with van der Waals surface area (Å²) in [6.45, 7) is 2.13. The second kappa shape index (κ2) is 5.42. The number of imidazole rings is 1. The molecule has 19 heavy (non-hydrogen) atoms. The summed E-state index contributed by atoms with van der Waals surface area (Å²) >= 11 is 6.05. The molecule has 0 spiro atoms. The van der Waals surface area contributed by atoms with Crippen LogP contribution in [-0.4, -0.2) is 29.4 Å². The van der Waals surface area contributed by atoms with E-state index in [9.17, 15) is 8.42 Å². The summed E-state index contributed by atoms with van der Waals surface area (Å²) < 4.78 is 29.1. The molecule has 1 fully saturated rings. The smallest absolute Gasteiger partial charge is 0.260 e. The van der Waals surface area contributed by atoms with Crippen LogP contribution in [0.5, 0.6) is 0 Å². The van der Waals surface area contributed by atoms with Crippen molar-refractivity contribution in [2.45, 2.75) is 43.2 Å². The van der Waals surface area contributed by atoms with Crippen molar-refractivity contribution in [3.63, 3.8) is 0 Å². The van der Waals surface area contributed by atoms with Gasteiger partial charge in [0, 0.05) is 24.7 Å². The van der Waals surface area contributed by atoms with Gasteiger partial charge in [0.1, 0.15) is 0 Å². The van der Waals surface area contributed by atoms with E-state index < -0.39 is 15.6 Å². The lowest BCUT2D eigenvalue weighted by atomic mass is 9.78. The van der Waals surface area contributed by atoms with E-state index in [4.69, 9.17) is 11.6 Å². The molecule has 108 valence electrons. The topological polar surface area (TPSA) is 64.0 Å². The predicted octanol–water partition coefficient (Wildman–Crippen LogP) is 1.89. The van der Waals surface area contributed by atoms with Gasteiger partial charge in [-0.25, -0.2) is 18.1 Å². The Hall–Kier alpha value is -0.590. The van der Waals surface area contributed by atoms with E-state index in [1.807, 2.05) is 0 Å². The summed E-state index contributed by atoms with van der Waals surface area (Å²) in [5.41, 5.74) is -0.532. The van der Waals surface area contributed by atoms with Crippen molar-refractivity contribution in [1.29, 1.82) is 0 Å². The fourth-order valence-electron chi connectivity index (χ4n) is 2.77. The van der Waals surface area contributed by atoms with Crippen LogP contribution in [0.2, 0.25) is 0 Å². The number of rotatable bonds is 4. The second-order valence-electron chi connectivity index (χ2n) is 5.60. The molecule has 2 unspecified atom stereocenters. The summed E-state index contributed by atoms with van der Waals surface area (Å²) in [4.78, 5) is 3.91. The lowest BCUT2D eigenvalue weighted by Crippen LogP contribution is -2.52. The number of nitrogens with zero attached hydrogens (tertiary/aromatic N) is 2. The van der Waals surface area contributed by atoms with Crippen LogP contribution in [0.15, 0.2) is 17.6 Å². The molecule has 5 nitrogen and oxygen atoms in total. The summed E-state index contributed by atoms with van der Waals surface area (Å²) in [5.74, 6) is 0.780. The minimum atomic E-state index is -3.60. The van der Waals surface area contributed by atoms with Gasteiger partial charge in [-0.15, -0.1) is 11.6 Å². The van der Waals surface area contributed by atoms with Crippen LogP contribution in [0.1, 0.15) is 32.6 Å². The van der Waals surface area contributed by atoms with Gasteiger partial charge >= 0.3 is 0 Å². The van der Waals surface area contributed by atoms with Crippen molar-refractivity contribution in [1.82, 2.24) is 14.3 Å². The molecule has 2 atom stereocenters. The molecule has 7 heteroatoms. The number of aryl methyl sites for hydroxylation is 1. The van der Waals surface area contributed by atoms with Gasteiger partial charge in [-0.05, 0) is 18.8 Å². The maximum Gasteiger partial charge on any atom is 0.260 e. The molecule has 1 N–H and O–H groups in total. The SMILES string of the molecule is CC1CCCC(CCl)(NS(=O)(=O)c2cn(C)cn2)C1. The van der Waals surface area contributed by atoms with Gasteiger partial charge in [-0.3, -0.25) is 0 Å². The fourth-order valence-corrected chi connectivity index (χ4v) is 4.58. The van der Waals surface area contributed by atoms with Crippen molar-refractivity contribution in [2.75, 3.05) is 5.88 Å². The second-order valence-corrected chi connectivity index (χ2v) is 7.49. The van der Waals surface area contributed by atoms with Crippen molar-refractivity contribution in [2.24, 2.45) is 13.0 Å². The van der Waals surface area contributed by atoms with Crippen LogP contribution in [0, 0.1) is 5.92 Å². The Morgan fingerprint density at radius 1 is 1.63 bits per heavy atom. The summed E-state index contributed by atoms with van der Waals surface area (Å²) in [6.07, 6.45) is 6.67. The predicted molar refractivity (Wildman–Crippen MR) is 74.6 cm³/mol. The van der Waals surface area contributed by atoms with E-state index in [1.165, 1.54) is 12.5 Å². The third-order valence-corrected chi connectivity index (χ3v) is 5.63. The number of hydrogen-bond donors (Lipinski definition) is 1. The zero-order valence-corrected chi connectivity index (χ0v) is 12.8. The Labute approximate surface area is 119 Å². The number of nitrogens with one attached hydrogen (secondary N) is 1. The number of sulfonamides is 1. The van der Waals surface area contributed by atoms with Crippen LogP contribution in [0.4, 0.5) is 0 Å². The molecule has 0 radical (unpaired) electrons. The van der Waals surface area contributed by atoms with Gasteiger partial charge in [0.15, 0.2) is 5.03 Å². The van der Waals surface area contributed by atoms with E-state index in [1.54, 1.807) is 11.6 Å². The highest BCUT2D eigenvalue weighted by atomic mass is 35.5. The Morgan fingerprint density at radius 3 is 2.89 bits per heavy atom. The molecule has 0 bridgehead atoms. The van der Waals surface area contributed by atoms with Crippen molar-refractivity contribution in [3.8, 4) is 0 Å². The molecule has 0 amide bonds. The third kappa shape index (κ3) is 3.30. The quantitative estimate of drug-likeness (QED) is 0.864. The van der Waals surface area contributed by atoms with Crippen LogP contribution in [0.25, 0.3) is 0 Å². The molecule has 1 heterocycles. The molecule has 0 aromatic carbocycles. The zero-order chi connectivity index (χ0) is 14.1. The Balaban J connectivity index is 2.22. The minimum absolute atomic E-state index is 0.0534. The number of halogens is 1. The minimum Gasteiger partial charge on any atom is -0.339 e. The molecule has 1 aliphatic carbocycles. The average molecular weight is 306 g/mol. The standard InChI is InChI=1S/C12H20ClN3O2S/c1-10-4-3-5-12(6-10,8-13)15-19(17,18)11-7-16(2)9-14-11/h7,9-10,15H,3-6,8H2,1-2H3. The Morgan fingerprint density at radius 2 is 2.37 bits per heavy atom. The van der Waals surface area contributed by atoms with Crippen molar-refractivity contribution < 1.29 is 8.42 Å². The highest BCUT2D eigenvalue weighted by molar-refractivity contribution is 7.89. The summed E-state index contributed by atoms with van der Waals surface area (Å²) in [5, 5.41) is 0.0534. The van der Waals surface area contributed by atoms with Crippen LogP contribution >= 0.6 is 11.6 Å². The molecule has 1 saturated carbocycles. The third-order valence-electron chi connectivity index (χ3n) is 3.65. The van der Waals surface area contributed by atoms with Gasteiger partial charge < -0.3 is 4.57 Å². The average Bonchev–Trinajstić information content (AvgIpc) is 2.76. The van der Waals surface area contributed by atoms with Crippen LogP contribution in [0.3, 0.4) is 0 Å². The highest BCUT2D eigenvalue weighted by Gasteiger charge is 2.38. The molecule has 2 rings (SSSR count). The first-order valence-electron chi connectivity index (χ1n) is 6.45. The normalized spacial score (nSPS) is 28.5.